The molecule has 7 nitrogen and oxygen atoms in total. The van der Waals surface area contributed by atoms with Gasteiger partial charge in [0, 0.05) is 31.7 Å². The zero-order valence-electron chi connectivity index (χ0n) is 16.0. The largest absolute Gasteiger partial charge is 0.443 e. The van der Waals surface area contributed by atoms with E-state index in [-0.39, 0.29) is 11.8 Å². The molecule has 29 heavy (non-hydrogen) atoms. The highest BCUT2D eigenvalue weighted by Gasteiger charge is 2.49. The normalized spacial score (nSPS) is 18.8. The standard InChI is InChI=1S/C22H22N4O3/c27-20(26-11-9-23-21(28)22(7-8-22)25-10-12-26)16-3-1-15(2-4-16)17-5-6-19-18(13-17)24-14-29-19/h1-6,13-14,25H,7-12H2,(H,23,28). The number of nitrogens with zero attached hydrogens (tertiary/aromatic N) is 2. The van der Waals surface area contributed by atoms with Crippen molar-refractivity contribution >= 4 is 22.9 Å². The number of hydrogen-bond donors (Lipinski definition) is 2. The van der Waals surface area contributed by atoms with Gasteiger partial charge in [-0.05, 0) is 48.2 Å². The molecule has 1 saturated carbocycles. The summed E-state index contributed by atoms with van der Waals surface area (Å²) >= 11 is 0. The Hall–Kier alpha value is -3.19. The fourth-order valence-electron chi connectivity index (χ4n) is 3.85. The number of benzene rings is 2. The zero-order chi connectivity index (χ0) is 19.8. The number of amides is 2. The van der Waals surface area contributed by atoms with Gasteiger partial charge in [-0.15, -0.1) is 0 Å². The van der Waals surface area contributed by atoms with Gasteiger partial charge in [0.2, 0.25) is 5.91 Å². The maximum absolute atomic E-state index is 13.0. The van der Waals surface area contributed by atoms with Gasteiger partial charge in [-0.3, -0.25) is 9.59 Å². The van der Waals surface area contributed by atoms with Gasteiger partial charge in [-0.1, -0.05) is 18.2 Å². The highest BCUT2D eigenvalue weighted by atomic mass is 16.3. The average Bonchev–Trinajstić information content (AvgIpc) is 3.37. The molecule has 3 aromatic rings. The van der Waals surface area contributed by atoms with Crippen molar-refractivity contribution in [2.75, 3.05) is 26.2 Å². The van der Waals surface area contributed by atoms with Crippen LogP contribution in [0.1, 0.15) is 23.2 Å². The number of oxazole rings is 1. The lowest BCUT2D eigenvalue weighted by atomic mass is 10.0. The van der Waals surface area contributed by atoms with Gasteiger partial charge in [-0.25, -0.2) is 4.98 Å². The molecule has 0 unspecified atom stereocenters. The molecule has 2 aliphatic rings. The Bertz CT molecular complexity index is 1070. The van der Waals surface area contributed by atoms with Gasteiger partial charge in [0.05, 0.1) is 5.54 Å². The minimum absolute atomic E-state index is 0.0219. The van der Waals surface area contributed by atoms with Crippen LogP contribution in [0.3, 0.4) is 0 Å². The van der Waals surface area contributed by atoms with E-state index in [2.05, 4.69) is 15.6 Å². The van der Waals surface area contributed by atoms with Crippen molar-refractivity contribution in [3.8, 4) is 11.1 Å². The Morgan fingerprint density at radius 3 is 2.59 bits per heavy atom. The summed E-state index contributed by atoms with van der Waals surface area (Å²) < 4.78 is 5.29. The molecule has 7 heteroatoms. The van der Waals surface area contributed by atoms with Crippen LogP contribution in [0.4, 0.5) is 0 Å². The molecule has 148 valence electrons. The second-order valence-electron chi connectivity index (χ2n) is 7.67. The van der Waals surface area contributed by atoms with Crippen molar-refractivity contribution in [2.45, 2.75) is 18.4 Å². The molecule has 1 spiro atoms. The molecule has 1 aliphatic heterocycles. The Labute approximate surface area is 168 Å². The molecule has 5 rings (SSSR count). The topological polar surface area (TPSA) is 87.5 Å². The fraction of sp³-hybridized carbons (Fsp3) is 0.318. The van der Waals surface area contributed by atoms with E-state index in [1.807, 2.05) is 42.5 Å². The van der Waals surface area contributed by atoms with E-state index in [4.69, 9.17) is 4.42 Å². The first-order valence-electron chi connectivity index (χ1n) is 9.91. The molecule has 1 aliphatic carbocycles. The van der Waals surface area contributed by atoms with Crippen molar-refractivity contribution in [1.82, 2.24) is 20.5 Å². The van der Waals surface area contributed by atoms with Crippen molar-refractivity contribution in [3.63, 3.8) is 0 Å². The smallest absolute Gasteiger partial charge is 0.253 e. The first-order valence-corrected chi connectivity index (χ1v) is 9.91. The molecule has 2 aromatic carbocycles. The molecule has 2 N–H and O–H groups in total. The third-order valence-corrected chi connectivity index (χ3v) is 5.78. The molecule has 2 amide bonds. The van der Waals surface area contributed by atoms with Gasteiger partial charge >= 0.3 is 0 Å². The van der Waals surface area contributed by atoms with E-state index in [1.54, 1.807) is 4.90 Å². The van der Waals surface area contributed by atoms with Gasteiger partial charge in [0.25, 0.3) is 5.91 Å². The first-order chi connectivity index (χ1) is 14.1. The molecule has 1 saturated heterocycles. The average molecular weight is 390 g/mol. The second-order valence-corrected chi connectivity index (χ2v) is 7.67. The molecular weight excluding hydrogens is 368 g/mol. The molecule has 1 aromatic heterocycles. The van der Waals surface area contributed by atoms with Crippen molar-refractivity contribution in [3.05, 3.63) is 54.4 Å². The Balaban J connectivity index is 1.31. The van der Waals surface area contributed by atoms with Crippen LogP contribution >= 0.6 is 0 Å². The van der Waals surface area contributed by atoms with E-state index >= 15 is 0 Å². The summed E-state index contributed by atoms with van der Waals surface area (Å²) in [6, 6.07) is 13.5. The third kappa shape index (κ3) is 3.38. The van der Waals surface area contributed by atoms with Crippen LogP contribution in [0.5, 0.6) is 0 Å². The van der Waals surface area contributed by atoms with E-state index < -0.39 is 5.54 Å². The monoisotopic (exact) mass is 390 g/mol. The maximum Gasteiger partial charge on any atom is 0.253 e. The fourth-order valence-corrected chi connectivity index (χ4v) is 3.85. The van der Waals surface area contributed by atoms with Gasteiger partial charge in [0.1, 0.15) is 5.52 Å². The number of hydrogen-bond acceptors (Lipinski definition) is 5. The second kappa shape index (κ2) is 7.00. The molecule has 0 radical (unpaired) electrons. The number of carbonyl (C=O) groups is 2. The minimum Gasteiger partial charge on any atom is -0.443 e. The lowest BCUT2D eigenvalue weighted by Crippen LogP contribution is -2.46. The molecular formula is C22H22N4O3. The van der Waals surface area contributed by atoms with Crippen LogP contribution in [-0.4, -0.2) is 53.4 Å². The number of carbonyl (C=O) groups excluding carboxylic acids is 2. The molecule has 0 bridgehead atoms. The summed E-state index contributed by atoms with van der Waals surface area (Å²) in [6.45, 7) is 2.19. The van der Waals surface area contributed by atoms with Crippen molar-refractivity contribution < 1.29 is 14.0 Å². The summed E-state index contributed by atoms with van der Waals surface area (Å²) in [5, 5.41) is 6.27. The molecule has 2 heterocycles. The van der Waals surface area contributed by atoms with Gasteiger partial charge in [-0.2, -0.15) is 0 Å². The Morgan fingerprint density at radius 1 is 1.03 bits per heavy atom. The number of nitrogens with one attached hydrogen (secondary N) is 2. The van der Waals surface area contributed by atoms with Gasteiger partial charge in [0.15, 0.2) is 12.0 Å². The molecule has 2 fully saturated rings. The summed E-state index contributed by atoms with van der Waals surface area (Å²) in [5.41, 5.74) is 3.84. The quantitative estimate of drug-likeness (QED) is 0.700. The van der Waals surface area contributed by atoms with Gasteiger partial charge < -0.3 is 20.0 Å². The van der Waals surface area contributed by atoms with Crippen molar-refractivity contribution in [2.24, 2.45) is 0 Å². The van der Waals surface area contributed by atoms with Crippen LogP contribution in [0, 0.1) is 0 Å². The van der Waals surface area contributed by atoms with Crippen LogP contribution in [0.2, 0.25) is 0 Å². The van der Waals surface area contributed by atoms with E-state index in [9.17, 15) is 9.59 Å². The van der Waals surface area contributed by atoms with Crippen LogP contribution in [0.25, 0.3) is 22.2 Å². The number of aromatic nitrogens is 1. The van der Waals surface area contributed by atoms with E-state index in [0.29, 0.717) is 31.7 Å². The summed E-state index contributed by atoms with van der Waals surface area (Å²) in [5.74, 6) is 0.0338. The summed E-state index contributed by atoms with van der Waals surface area (Å²) in [6.07, 6.45) is 3.17. The van der Waals surface area contributed by atoms with Crippen LogP contribution in [-0.2, 0) is 4.79 Å². The number of rotatable bonds is 2. The first kappa shape index (κ1) is 17.9. The molecule has 0 atom stereocenters. The maximum atomic E-state index is 13.0. The summed E-state index contributed by atoms with van der Waals surface area (Å²) in [4.78, 5) is 31.2. The summed E-state index contributed by atoms with van der Waals surface area (Å²) in [7, 11) is 0. The van der Waals surface area contributed by atoms with Crippen LogP contribution in [0.15, 0.2) is 53.3 Å². The highest BCUT2D eigenvalue weighted by molar-refractivity contribution is 5.95. The predicted octanol–water partition coefficient (Wildman–Crippen LogP) is 2.19. The highest BCUT2D eigenvalue weighted by Crippen LogP contribution is 2.35. The van der Waals surface area contributed by atoms with Crippen LogP contribution < -0.4 is 10.6 Å². The Kier molecular flexibility index (Phi) is 4.32. The SMILES string of the molecule is O=C(c1ccc(-c2ccc3ocnc3c2)cc1)N1CCNC(=O)C2(CC2)NCC1. The number of fused-ring (bicyclic) bond motifs is 1. The van der Waals surface area contributed by atoms with E-state index in [1.165, 1.54) is 6.39 Å². The minimum atomic E-state index is -0.397. The zero-order valence-corrected chi connectivity index (χ0v) is 16.0. The lowest BCUT2D eigenvalue weighted by molar-refractivity contribution is -0.124. The third-order valence-electron chi connectivity index (χ3n) is 5.78. The lowest BCUT2D eigenvalue weighted by Gasteiger charge is -2.22. The van der Waals surface area contributed by atoms with E-state index in [0.717, 1.165) is 35.1 Å². The van der Waals surface area contributed by atoms with Crippen molar-refractivity contribution in [1.29, 1.82) is 0 Å². The Morgan fingerprint density at radius 2 is 1.79 bits per heavy atom. The predicted molar refractivity (Wildman–Crippen MR) is 108 cm³/mol.